The van der Waals surface area contributed by atoms with Crippen LogP contribution in [-0.4, -0.2) is 5.78 Å². The topological polar surface area (TPSA) is 17.1 Å². The molecule has 0 aromatic heterocycles. The van der Waals surface area contributed by atoms with Gasteiger partial charge in [0.25, 0.3) is 0 Å². The molecule has 0 aromatic rings. The van der Waals surface area contributed by atoms with Gasteiger partial charge in [-0.15, -0.1) is 0 Å². The maximum atomic E-state index is 12.3. The molecule has 2 aliphatic carbocycles. The number of Topliss-reactive ketones (excluding diaryl/α,β-unsaturated/α-hetero) is 1. The lowest BCUT2D eigenvalue weighted by Crippen LogP contribution is -2.59. The van der Waals surface area contributed by atoms with Crippen LogP contribution in [-0.2, 0) is 4.79 Å². The van der Waals surface area contributed by atoms with E-state index in [-0.39, 0.29) is 5.41 Å². The van der Waals surface area contributed by atoms with Crippen LogP contribution in [0, 0.1) is 28.1 Å². The molecular weight excluding hydrogens is 196 g/mol. The number of hydrogen-bond acceptors (Lipinski definition) is 1. The number of hydrogen-bond donors (Lipinski definition) is 0. The highest BCUT2D eigenvalue weighted by Crippen LogP contribution is 2.65. The van der Waals surface area contributed by atoms with Crippen LogP contribution < -0.4 is 0 Å². The van der Waals surface area contributed by atoms with Crippen molar-refractivity contribution in [1.82, 2.24) is 0 Å². The molecule has 3 unspecified atom stereocenters. The van der Waals surface area contributed by atoms with Gasteiger partial charge in [0, 0.05) is 12.3 Å². The summed E-state index contributed by atoms with van der Waals surface area (Å²) in [5, 5.41) is 0. The monoisotopic (exact) mass is 222 g/mol. The fourth-order valence-corrected chi connectivity index (χ4v) is 4.41. The van der Waals surface area contributed by atoms with E-state index >= 15 is 0 Å². The van der Waals surface area contributed by atoms with Crippen molar-refractivity contribution in [2.75, 3.05) is 0 Å². The molecule has 16 heavy (non-hydrogen) atoms. The number of carbonyl (C=O) groups excluding carboxylic acids is 1. The van der Waals surface area contributed by atoms with Gasteiger partial charge in [-0.25, -0.2) is 0 Å². The van der Waals surface area contributed by atoms with Crippen molar-refractivity contribution in [3.8, 4) is 0 Å². The molecule has 2 saturated carbocycles. The Labute approximate surface area is 100.0 Å². The lowest BCUT2D eigenvalue weighted by atomic mass is 9.41. The van der Waals surface area contributed by atoms with Crippen LogP contribution in [0.2, 0.25) is 0 Å². The summed E-state index contributed by atoms with van der Waals surface area (Å²) in [6.45, 7) is 13.7. The second kappa shape index (κ2) is 3.11. The Morgan fingerprint density at radius 2 is 1.75 bits per heavy atom. The zero-order chi connectivity index (χ0) is 12.4. The van der Waals surface area contributed by atoms with Gasteiger partial charge >= 0.3 is 0 Å². The average molecular weight is 222 g/mol. The minimum absolute atomic E-state index is 0.227. The van der Waals surface area contributed by atoms with E-state index in [0.717, 1.165) is 6.42 Å². The number of fused-ring (bicyclic) bond motifs is 1. The van der Waals surface area contributed by atoms with Crippen LogP contribution in [0.3, 0.4) is 0 Å². The molecule has 0 aliphatic heterocycles. The van der Waals surface area contributed by atoms with Gasteiger partial charge in [0.05, 0.1) is 0 Å². The summed E-state index contributed by atoms with van der Waals surface area (Å²) < 4.78 is 0. The molecule has 2 rings (SSSR count). The molecule has 0 heterocycles. The van der Waals surface area contributed by atoms with E-state index in [1.807, 2.05) is 0 Å². The van der Waals surface area contributed by atoms with Crippen molar-refractivity contribution in [3.63, 3.8) is 0 Å². The predicted molar refractivity (Wildman–Crippen MR) is 67.2 cm³/mol. The number of rotatable bonds is 0. The van der Waals surface area contributed by atoms with E-state index in [0.29, 0.717) is 28.4 Å². The molecular formula is C15H26O. The highest BCUT2D eigenvalue weighted by Gasteiger charge is 2.61. The van der Waals surface area contributed by atoms with E-state index in [1.54, 1.807) is 0 Å². The molecule has 3 atom stereocenters. The van der Waals surface area contributed by atoms with Gasteiger partial charge in [0.15, 0.2) is 0 Å². The zero-order valence-electron chi connectivity index (χ0n) is 11.7. The van der Waals surface area contributed by atoms with Crippen molar-refractivity contribution in [1.29, 1.82) is 0 Å². The first-order valence-electron chi connectivity index (χ1n) is 6.58. The Bertz CT molecular complexity index is 321. The smallest absolute Gasteiger partial charge is 0.137 e. The lowest BCUT2D eigenvalue weighted by molar-refractivity contribution is -0.168. The molecule has 0 N–H and O–H groups in total. The van der Waals surface area contributed by atoms with Crippen molar-refractivity contribution in [2.24, 2.45) is 28.1 Å². The van der Waals surface area contributed by atoms with E-state index in [4.69, 9.17) is 0 Å². The van der Waals surface area contributed by atoms with Crippen molar-refractivity contribution in [3.05, 3.63) is 0 Å². The maximum absolute atomic E-state index is 12.3. The second-order valence-electron chi connectivity index (χ2n) is 8.29. The van der Waals surface area contributed by atoms with E-state index in [2.05, 4.69) is 41.5 Å². The highest BCUT2D eigenvalue weighted by molar-refractivity contribution is 5.85. The van der Waals surface area contributed by atoms with Gasteiger partial charge in [-0.05, 0) is 35.0 Å². The second-order valence-corrected chi connectivity index (χ2v) is 8.29. The molecule has 1 heteroatoms. The van der Waals surface area contributed by atoms with Gasteiger partial charge in [-0.1, -0.05) is 41.5 Å². The molecule has 2 fully saturated rings. The van der Waals surface area contributed by atoms with E-state index in [1.165, 1.54) is 12.8 Å². The molecule has 1 nitrogen and oxygen atoms in total. The lowest BCUT2D eigenvalue weighted by Gasteiger charge is -2.62. The van der Waals surface area contributed by atoms with Crippen LogP contribution in [0.1, 0.15) is 60.8 Å². The summed E-state index contributed by atoms with van der Waals surface area (Å²) in [7, 11) is 0. The average Bonchev–Trinajstić information content (AvgIpc) is 1.93. The normalized spacial score (nSPS) is 42.5. The molecule has 0 aromatic carbocycles. The van der Waals surface area contributed by atoms with Gasteiger partial charge in [0.2, 0.25) is 0 Å². The van der Waals surface area contributed by atoms with Crippen molar-refractivity contribution in [2.45, 2.75) is 60.8 Å². The van der Waals surface area contributed by atoms with Crippen molar-refractivity contribution >= 4 is 5.78 Å². The molecule has 92 valence electrons. The predicted octanol–water partition coefficient (Wildman–Crippen LogP) is 4.06. The molecule has 0 bridgehead atoms. The maximum Gasteiger partial charge on any atom is 0.137 e. The summed E-state index contributed by atoms with van der Waals surface area (Å²) >= 11 is 0. The molecule has 0 radical (unpaired) electrons. The number of carbonyl (C=O) groups is 1. The fourth-order valence-electron chi connectivity index (χ4n) is 4.41. The fraction of sp³-hybridized carbons (Fsp3) is 0.933. The van der Waals surface area contributed by atoms with Gasteiger partial charge in [-0.3, -0.25) is 4.79 Å². The summed E-state index contributed by atoms with van der Waals surface area (Å²) in [6, 6.07) is 0. The van der Waals surface area contributed by atoms with E-state index in [9.17, 15) is 4.79 Å². The van der Waals surface area contributed by atoms with Crippen LogP contribution >= 0.6 is 0 Å². The first-order chi connectivity index (χ1) is 7.05. The summed E-state index contributed by atoms with van der Waals surface area (Å²) in [5.41, 5.74) is 0.823. The molecule has 0 spiro atoms. The third-order valence-electron chi connectivity index (χ3n) is 4.83. The zero-order valence-corrected chi connectivity index (χ0v) is 11.7. The van der Waals surface area contributed by atoms with Gasteiger partial charge in [0.1, 0.15) is 5.78 Å². The minimum atomic E-state index is 0.227. The van der Waals surface area contributed by atoms with Gasteiger partial charge < -0.3 is 0 Å². The SMILES string of the molecule is CC1(C)CC(=O)C2C(C(C)(C)C)CC2(C)C1. The Morgan fingerprint density at radius 1 is 1.19 bits per heavy atom. The van der Waals surface area contributed by atoms with Gasteiger partial charge in [-0.2, -0.15) is 0 Å². The molecule has 2 aliphatic rings. The Kier molecular flexibility index (Phi) is 2.36. The third-order valence-corrected chi connectivity index (χ3v) is 4.83. The van der Waals surface area contributed by atoms with Crippen molar-refractivity contribution < 1.29 is 4.79 Å². The van der Waals surface area contributed by atoms with Crippen LogP contribution in [0.5, 0.6) is 0 Å². The first kappa shape index (κ1) is 12.1. The standard InChI is InChI=1S/C15H26O/c1-13(2,3)10-7-15(6)9-14(4,5)8-11(16)12(10)15/h10,12H,7-9H2,1-6H3. The van der Waals surface area contributed by atoms with Crippen LogP contribution in [0.4, 0.5) is 0 Å². The van der Waals surface area contributed by atoms with Crippen LogP contribution in [0.15, 0.2) is 0 Å². The number of ketones is 1. The van der Waals surface area contributed by atoms with E-state index < -0.39 is 0 Å². The Morgan fingerprint density at radius 3 is 2.19 bits per heavy atom. The molecule has 0 saturated heterocycles. The quantitative estimate of drug-likeness (QED) is 0.604. The summed E-state index contributed by atoms with van der Waals surface area (Å²) in [5.74, 6) is 1.49. The molecule has 0 amide bonds. The highest BCUT2D eigenvalue weighted by atomic mass is 16.1. The Balaban J connectivity index is 2.23. The minimum Gasteiger partial charge on any atom is -0.299 e. The Hall–Kier alpha value is -0.330. The van der Waals surface area contributed by atoms with Crippen LogP contribution in [0.25, 0.3) is 0 Å². The summed E-state index contributed by atoms with van der Waals surface area (Å²) in [6.07, 6.45) is 3.26. The first-order valence-corrected chi connectivity index (χ1v) is 6.58. The third kappa shape index (κ3) is 1.72. The largest absolute Gasteiger partial charge is 0.299 e. The summed E-state index contributed by atoms with van der Waals surface area (Å²) in [4.78, 5) is 12.3.